The van der Waals surface area contributed by atoms with E-state index in [0.717, 1.165) is 31.1 Å². The fourth-order valence-corrected chi connectivity index (χ4v) is 6.02. The summed E-state index contributed by atoms with van der Waals surface area (Å²) >= 11 is 0. The van der Waals surface area contributed by atoms with Gasteiger partial charge >= 0.3 is 0 Å². The lowest BCUT2D eigenvalue weighted by Gasteiger charge is -2.41. The first-order valence-electron chi connectivity index (χ1n) is 11.9. The van der Waals surface area contributed by atoms with Crippen molar-refractivity contribution in [1.29, 1.82) is 0 Å². The molecule has 1 fully saturated rings. The molecule has 1 nitrogen and oxygen atoms in total. The highest BCUT2D eigenvalue weighted by atomic mass is 16.3. The average molecular weight is 371 g/mol. The summed E-state index contributed by atoms with van der Waals surface area (Å²) in [6, 6.07) is 0. The second-order valence-electron chi connectivity index (χ2n) is 9.68. The average Bonchev–Trinajstić information content (AvgIpc) is 3.00. The van der Waals surface area contributed by atoms with Gasteiger partial charge in [0.1, 0.15) is 0 Å². The standard InChI is InChI=1S/C26H42O/c1-3-4-5-6-7-8-13-23-17-18-25-22(12-10-19-26(23,25)2)16-15-21-11-9-14-24(27)20-21/h11-12,15-16,23-25,27H,3-10,13-14,17-20H2,1-2H3/b16-15-/t23-,24-,25-,26+/m0/s1. The van der Waals surface area contributed by atoms with Gasteiger partial charge in [0.05, 0.1) is 6.10 Å². The van der Waals surface area contributed by atoms with Crippen LogP contribution in [0.2, 0.25) is 0 Å². The van der Waals surface area contributed by atoms with E-state index in [9.17, 15) is 5.11 Å². The van der Waals surface area contributed by atoms with Gasteiger partial charge in [0.25, 0.3) is 0 Å². The van der Waals surface area contributed by atoms with Gasteiger partial charge in [0.15, 0.2) is 0 Å². The highest BCUT2D eigenvalue weighted by Gasteiger charge is 2.47. The number of unbranched alkanes of at least 4 members (excludes halogenated alkanes) is 5. The van der Waals surface area contributed by atoms with E-state index in [1.165, 1.54) is 76.2 Å². The lowest BCUT2D eigenvalue weighted by molar-refractivity contribution is 0.146. The van der Waals surface area contributed by atoms with Crippen molar-refractivity contribution in [3.63, 3.8) is 0 Å². The predicted octanol–water partition coefficient (Wildman–Crippen LogP) is 7.52. The van der Waals surface area contributed by atoms with Crippen LogP contribution in [0.5, 0.6) is 0 Å². The Morgan fingerprint density at radius 1 is 1.00 bits per heavy atom. The lowest BCUT2D eigenvalue weighted by Crippen LogP contribution is -2.32. The van der Waals surface area contributed by atoms with E-state index in [1.807, 2.05) is 0 Å². The van der Waals surface area contributed by atoms with Crippen molar-refractivity contribution in [2.75, 3.05) is 0 Å². The predicted molar refractivity (Wildman–Crippen MR) is 117 cm³/mol. The summed E-state index contributed by atoms with van der Waals surface area (Å²) in [5, 5.41) is 9.90. The van der Waals surface area contributed by atoms with Crippen molar-refractivity contribution in [3.8, 4) is 0 Å². The van der Waals surface area contributed by atoms with Gasteiger partial charge < -0.3 is 5.11 Å². The largest absolute Gasteiger partial charge is 0.393 e. The minimum atomic E-state index is -0.131. The Morgan fingerprint density at radius 2 is 1.81 bits per heavy atom. The normalized spacial score (nSPS) is 33.8. The molecule has 0 heterocycles. The first kappa shape index (κ1) is 20.9. The third-order valence-electron chi connectivity index (χ3n) is 7.77. The zero-order chi connectivity index (χ0) is 19.1. The van der Waals surface area contributed by atoms with Gasteiger partial charge in [0.2, 0.25) is 0 Å². The van der Waals surface area contributed by atoms with Crippen LogP contribution in [-0.2, 0) is 0 Å². The molecule has 0 aromatic carbocycles. The van der Waals surface area contributed by atoms with E-state index in [4.69, 9.17) is 0 Å². The van der Waals surface area contributed by atoms with Crippen LogP contribution >= 0.6 is 0 Å². The highest BCUT2D eigenvalue weighted by Crippen LogP contribution is 2.57. The third kappa shape index (κ3) is 5.37. The molecule has 3 aliphatic rings. The minimum Gasteiger partial charge on any atom is -0.393 e. The summed E-state index contributed by atoms with van der Waals surface area (Å²) in [7, 11) is 0. The smallest absolute Gasteiger partial charge is 0.0583 e. The minimum absolute atomic E-state index is 0.131. The lowest BCUT2D eigenvalue weighted by atomic mass is 9.64. The number of allylic oxidation sites excluding steroid dienone is 5. The number of fused-ring (bicyclic) bond motifs is 1. The second kappa shape index (κ2) is 10.1. The van der Waals surface area contributed by atoms with Gasteiger partial charge in [-0.15, -0.1) is 0 Å². The van der Waals surface area contributed by atoms with Gasteiger partial charge in [-0.2, -0.15) is 0 Å². The molecule has 0 spiro atoms. The number of hydrogen-bond donors (Lipinski definition) is 1. The van der Waals surface area contributed by atoms with Crippen LogP contribution < -0.4 is 0 Å². The highest BCUT2D eigenvalue weighted by molar-refractivity contribution is 5.34. The monoisotopic (exact) mass is 370 g/mol. The number of rotatable bonds is 9. The summed E-state index contributed by atoms with van der Waals surface area (Å²) in [6.07, 6.45) is 27.6. The van der Waals surface area contributed by atoms with E-state index in [0.29, 0.717) is 5.41 Å². The number of hydrogen-bond acceptors (Lipinski definition) is 1. The first-order valence-corrected chi connectivity index (χ1v) is 11.9. The fourth-order valence-electron chi connectivity index (χ4n) is 6.02. The Kier molecular flexibility index (Phi) is 7.82. The van der Waals surface area contributed by atoms with Crippen LogP contribution in [-0.4, -0.2) is 11.2 Å². The molecular weight excluding hydrogens is 328 g/mol. The van der Waals surface area contributed by atoms with Crippen LogP contribution in [0.1, 0.15) is 104 Å². The molecular formula is C26H42O. The van der Waals surface area contributed by atoms with Crippen molar-refractivity contribution in [2.45, 2.75) is 110 Å². The molecule has 0 saturated heterocycles. The third-order valence-corrected chi connectivity index (χ3v) is 7.77. The summed E-state index contributed by atoms with van der Waals surface area (Å²) in [5.74, 6) is 1.70. The molecule has 3 rings (SSSR count). The molecule has 0 bridgehead atoms. The Morgan fingerprint density at radius 3 is 2.63 bits per heavy atom. The van der Waals surface area contributed by atoms with Crippen LogP contribution in [0.3, 0.4) is 0 Å². The van der Waals surface area contributed by atoms with Gasteiger partial charge in [-0.05, 0) is 79.8 Å². The van der Waals surface area contributed by atoms with E-state index >= 15 is 0 Å². The molecule has 4 atom stereocenters. The van der Waals surface area contributed by atoms with Crippen molar-refractivity contribution < 1.29 is 5.11 Å². The van der Waals surface area contributed by atoms with E-state index in [2.05, 4.69) is 38.2 Å². The number of aliphatic hydroxyl groups is 1. The zero-order valence-corrected chi connectivity index (χ0v) is 17.9. The van der Waals surface area contributed by atoms with E-state index in [1.54, 1.807) is 5.57 Å². The van der Waals surface area contributed by atoms with Gasteiger partial charge in [0, 0.05) is 0 Å². The zero-order valence-electron chi connectivity index (χ0n) is 17.9. The maximum atomic E-state index is 9.90. The SMILES string of the molecule is CCCCCCCC[C@H]1CC[C@H]2C(/C=C\C3=CCC[C@H](O)C3)=CCC[C@]12C. The molecule has 0 amide bonds. The Balaban J connectivity index is 1.53. The molecule has 27 heavy (non-hydrogen) atoms. The van der Waals surface area contributed by atoms with Crippen molar-refractivity contribution in [3.05, 3.63) is 35.5 Å². The Labute approximate surface area is 168 Å². The van der Waals surface area contributed by atoms with Crippen LogP contribution in [0.15, 0.2) is 35.5 Å². The summed E-state index contributed by atoms with van der Waals surface area (Å²) in [4.78, 5) is 0. The number of aliphatic hydroxyl groups excluding tert-OH is 1. The Bertz CT molecular complexity index is 555. The van der Waals surface area contributed by atoms with Crippen LogP contribution in [0.4, 0.5) is 0 Å². The molecule has 1 heteroatoms. The second-order valence-corrected chi connectivity index (χ2v) is 9.68. The molecule has 1 N–H and O–H groups in total. The summed E-state index contributed by atoms with van der Waals surface area (Å²) in [5.41, 5.74) is 3.46. The van der Waals surface area contributed by atoms with Crippen molar-refractivity contribution in [2.24, 2.45) is 17.3 Å². The molecule has 0 radical (unpaired) electrons. The van der Waals surface area contributed by atoms with E-state index in [-0.39, 0.29) is 6.10 Å². The maximum Gasteiger partial charge on any atom is 0.0583 e. The van der Waals surface area contributed by atoms with Crippen LogP contribution in [0.25, 0.3) is 0 Å². The molecule has 0 aromatic rings. The van der Waals surface area contributed by atoms with Crippen molar-refractivity contribution in [1.82, 2.24) is 0 Å². The van der Waals surface area contributed by atoms with Crippen LogP contribution in [0, 0.1) is 17.3 Å². The van der Waals surface area contributed by atoms with Gasteiger partial charge in [-0.3, -0.25) is 0 Å². The molecule has 152 valence electrons. The Hall–Kier alpha value is -0.820. The maximum absolute atomic E-state index is 9.90. The molecule has 0 aromatic heterocycles. The van der Waals surface area contributed by atoms with E-state index < -0.39 is 0 Å². The fraction of sp³-hybridized carbons (Fsp3) is 0.769. The molecule has 1 saturated carbocycles. The van der Waals surface area contributed by atoms with Gasteiger partial charge in [-0.25, -0.2) is 0 Å². The topological polar surface area (TPSA) is 20.2 Å². The quantitative estimate of drug-likeness (QED) is 0.416. The molecule has 3 aliphatic carbocycles. The van der Waals surface area contributed by atoms with Gasteiger partial charge in [-0.1, -0.05) is 76.7 Å². The molecule has 0 aliphatic heterocycles. The van der Waals surface area contributed by atoms with Crippen molar-refractivity contribution >= 4 is 0 Å². The first-order chi connectivity index (χ1) is 13.1. The summed E-state index contributed by atoms with van der Waals surface area (Å²) < 4.78 is 0. The molecule has 0 unspecified atom stereocenters. The summed E-state index contributed by atoms with van der Waals surface area (Å²) in [6.45, 7) is 4.89.